The van der Waals surface area contributed by atoms with Gasteiger partial charge in [-0.15, -0.1) is 0 Å². The number of carbonyl (C=O) groups excluding carboxylic acids is 2. The molecule has 3 aromatic rings. The lowest BCUT2D eigenvalue weighted by molar-refractivity contribution is -0.157. The van der Waals surface area contributed by atoms with Crippen molar-refractivity contribution >= 4 is 54.8 Å². The third kappa shape index (κ3) is 8.39. The van der Waals surface area contributed by atoms with Crippen molar-refractivity contribution in [3.05, 3.63) is 99.5 Å². The van der Waals surface area contributed by atoms with Crippen LogP contribution in [0.15, 0.2) is 77.7 Å². The van der Waals surface area contributed by atoms with Crippen LogP contribution in [0.5, 0.6) is 0 Å². The molecule has 47 heavy (non-hydrogen) atoms. The fourth-order valence-corrected chi connectivity index (χ4v) is 9.04. The van der Waals surface area contributed by atoms with Gasteiger partial charge in [0, 0.05) is 28.4 Å². The van der Waals surface area contributed by atoms with Gasteiger partial charge < -0.3 is 4.90 Å². The van der Waals surface area contributed by atoms with E-state index in [1.54, 1.807) is 56.0 Å². The maximum atomic E-state index is 14.9. The number of rotatable bonds is 11. The number of hydrogen-bond donors (Lipinski definition) is 2. The van der Waals surface area contributed by atoms with E-state index in [4.69, 9.17) is 28.0 Å². The smallest absolute Gasteiger partial charge is 0.233 e. The number of piperidine rings is 1. The van der Waals surface area contributed by atoms with Crippen LogP contribution in [0, 0.1) is 23.0 Å². The molecule has 4 rings (SSSR count). The van der Waals surface area contributed by atoms with Gasteiger partial charge in [-0.05, 0) is 80.6 Å². The lowest BCUT2D eigenvalue weighted by Crippen LogP contribution is -2.59. The Bertz CT molecular complexity index is 1830. The topological polar surface area (TPSA) is 124 Å². The second kappa shape index (κ2) is 14.3. The zero-order valence-corrected chi connectivity index (χ0v) is 30.6. The van der Waals surface area contributed by atoms with E-state index in [1.807, 2.05) is 51.1 Å². The van der Waals surface area contributed by atoms with Crippen LogP contribution in [0.25, 0.3) is 0 Å². The van der Waals surface area contributed by atoms with Crippen molar-refractivity contribution in [2.45, 2.75) is 82.5 Å². The van der Waals surface area contributed by atoms with Crippen molar-refractivity contribution in [3.8, 4) is 0 Å². The van der Waals surface area contributed by atoms with Crippen LogP contribution in [-0.2, 0) is 29.3 Å². The van der Waals surface area contributed by atoms with Gasteiger partial charge in [-0.3, -0.25) is 14.3 Å². The van der Waals surface area contributed by atoms with E-state index < -0.39 is 60.2 Å². The molecule has 1 saturated heterocycles. The van der Waals surface area contributed by atoms with E-state index in [2.05, 4.69) is 4.72 Å². The second-order valence-corrected chi connectivity index (χ2v) is 18.7. The highest BCUT2D eigenvalue weighted by Crippen LogP contribution is 2.52. The summed E-state index contributed by atoms with van der Waals surface area (Å²) in [6, 6.07) is 19.6. The highest BCUT2D eigenvalue weighted by Gasteiger charge is 2.53. The number of hydrogen-bond acceptors (Lipinski definition) is 6. The molecule has 1 fully saturated rings. The highest BCUT2D eigenvalue weighted by molar-refractivity contribution is 7.92. The maximum absolute atomic E-state index is 14.9. The van der Waals surface area contributed by atoms with Gasteiger partial charge in [0.15, 0.2) is 19.8 Å². The standard InChI is InChI=1S/C35H43Cl2N3O5S2/c1-22(2)31(21-46(43,44)23(3)4)40-33(25-12-14-27(36)15-13-25)30(26-8-7-9-28(37)18-26)19-35(6,34(40)42)20-32(41)39-47(38,45)29-16-10-24(5)11-17-29/h7-18,22-23,30-31,33H,19-21H2,1-6H3,(H2,38,39,41,45)/t30-,31?,33-,35-,47?/m1/s1. The summed E-state index contributed by atoms with van der Waals surface area (Å²) < 4.78 is 51.1. The van der Waals surface area contributed by atoms with Crippen LogP contribution in [0.1, 0.15) is 76.1 Å². The summed E-state index contributed by atoms with van der Waals surface area (Å²) in [6.45, 7) is 10.6. The predicted molar refractivity (Wildman–Crippen MR) is 189 cm³/mol. The van der Waals surface area contributed by atoms with Gasteiger partial charge >= 0.3 is 0 Å². The third-order valence-corrected chi connectivity index (χ3v) is 13.2. The molecule has 3 aromatic carbocycles. The molecule has 0 bridgehead atoms. The maximum Gasteiger partial charge on any atom is 0.233 e. The first-order valence-corrected chi connectivity index (χ1v) is 19.6. The molecule has 5 atom stereocenters. The molecule has 0 saturated carbocycles. The Morgan fingerprint density at radius 1 is 0.957 bits per heavy atom. The van der Waals surface area contributed by atoms with Crippen LogP contribution in [0.3, 0.4) is 0 Å². The van der Waals surface area contributed by atoms with Gasteiger partial charge in [-0.2, -0.15) is 0 Å². The van der Waals surface area contributed by atoms with Gasteiger partial charge in [-0.25, -0.2) is 17.4 Å². The first-order valence-electron chi connectivity index (χ1n) is 15.6. The number of carbonyl (C=O) groups is 2. The van der Waals surface area contributed by atoms with Gasteiger partial charge in [0.05, 0.1) is 27.4 Å². The van der Waals surface area contributed by atoms with E-state index in [9.17, 15) is 22.2 Å². The Labute approximate surface area is 289 Å². The minimum atomic E-state index is -3.71. The molecule has 8 nitrogen and oxygen atoms in total. The number of likely N-dealkylation sites (tertiary alicyclic amines) is 1. The predicted octanol–water partition coefficient (Wildman–Crippen LogP) is 7.74. The summed E-state index contributed by atoms with van der Waals surface area (Å²) in [6.07, 6.45) is -0.162. The van der Waals surface area contributed by atoms with Crippen molar-refractivity contribution in [1.29, 1.82) is 4.78 Å². The molecule has 254 valence electrons. The molecule has 0 aliphatic carbocycles. The number of amides is 2. The summed E-state index contributed by atoms with van der Waals surface area (Å²) >= 11 is 12.8. The Balaban J connectivity index is 1.86. The average Bonchev–Trinajstić information content (AvgIpc) is 2.97. The number of sulfone groups is 1. The number of benzene rings is 3. The SMILES string of the molecule is Cc1ccc(S(=N)(=O)NC(=O)C[C@@]2(C)C[C@H](c3cccc(Cl)c3)[C@@H](c3ccc(Cl)cc3)N(C(CS(=O)(=O)C(C)C)C(C)C)C2=O)cc1. The monoisotopic (exact) mass is 719 g/mol. The molecule has 0 aromatic heterocycles. The Morgan fingerprint density at radius 2 is 1.57 bits per heavy atom. The minimum Gasteiger partial charge on any atom is -0.330 e. The van der Waals surface area contributed by atoms with Crippen LogP contribution < -0.4 is 4.72 Å². The Kier molecular flexibility index (Phi) is 11.2. The van der Waals surface area contributed by atoms with Crippen molar-refractivity contribution in [1.82, 2.24) is 9.62 Å². The van der Waals surface area contributed by atoms with Crippen LogP contribution >= 0.6 is 23.2 Å². The number of halogens is 2. The van der Waals surface area contributed by atoms with Crippen molar-refractivity contribution in [2.24, 2.45) is 11.3 Å². The van der Waals surface area contributed by atoms with E-state index in [0.717, 1.165) is 16.7 Å². The number of nitrogens with zero attached hydrogens (tertiary/aromatic N) is 1. The second-order valence-electron chi connectivity index (χ2n) is 13.4. The fourth-order valence-electron chi connectivity index (χ4n) is 6.28. The van der Waals surface area contributed by atoms with E-state index >= 15 is 0 Å². The summed E-state index contributed by atoms with van der Waals surface area (Å²) in [5.74, 6) is -2.06. The zero-order chi connectivity index (χ0) is 34.9. The molecule has 0 spiro atoms. The normalized spacial score (nSPS) is 22.3. The quantitative estimate of drug-likeness (QED) is 0.210. The van der Waals surface area contributed by atoms with Crippen molar-refractivity contribution < 1.29 is 22.2 Å². The summed E-state index contributed by atoms with van der Waals surface area (Å²) in [5.41, 5.74) is 1.15. The minimum absolute atomic E-state index is 0.150. The lowest BCUT2D eigenvalue weighted by Gasteiger charge is -2.53. The van der Waals surface area contributed by atoms with Crippen LogP contribution in [0.2, 0.25) is 10.0 Å². The molecule has 12 heteroatoms. The summed E-state index contributed by atoms with van der Waals surface area (Å²) in [7, 11) is -7.32. The molecule has 1 aliphatic rings. The average molecular weight is 721 g/mol. The molecular weight excluding hydrogens is 677 g/mol. The van der Waals surface area contributed by atoms with Gasteiger partial charge in [-0.1, -0.05) is 85.9 Å². The Morgan fingerprint density at radius 3 is 2.13 bits per heavy atom. The van der Waals surface area contributed by atoms with Gasteiger partial charge in [0.1, 0.15) is 0 Å². The summed E-state index contributed by atoms with van der Waals surface area (Å²) in [4.78, 5) is 30.4. The largest absolute Gasteiger partial charge is 0.330 e. The van der Waals surface area contributed by atoms with Crippen molar-refractivity contribution in [3.63, 3.8) is 0 Å². The van der Waals surface area contributed by atoms with Crippen LogP contribution in [-0.4, -0.2) is 46.4 Å². The number of aryl methyl sites for hydroxylation is 1. The summed E-state index contributed by atoms with van der Waals surface area (Å²) in [5, 5.41) is 0.346. The molecule has 2 amide bonds. The molecule has 2 unspecified atom stereocenters. The first kappa shape index (κ1) is 36.9. The Hall–Kier alpha value is -2.92. The van der Waals surface area contributed by atoms with Crippen molar-refractivity contribution in [2.75, 3.05) is 5.75 Å². The molecule has 1 aliphatic heterocycles. The van der Waals surface area contributed by atoms with Crippen LogP contribution in [0.4, 0.5) is 0 Å². The van der Waals surface area contributed by atoms with E-state index in [1.165, 1.54) is 12.1 Å². The van der Waals surface area contributed by atoms with Gasteiger partial charge in [0.25, 0.3) is 0 Å². The highest BCUT2D eigenvalue weighted by atomic mass is 35.5. The lowest BCUT2D eigenvalue weighted by atomic mass is 9.66. The molecule has 0 radical (unpaired) electrons. The third-order valence-electron chi connectivity index (χ3n) is 9.00. The number of nitrogens with one attached hydrogen (secondary N) is 2. The van der Waals surface area contributed by atoms with Gasteiger partial charge in [0.2, 0.25) is 11.8 Å². The zero-order valence-electron chi connectivity index (χ0n) is 27.5. The fraction of sp³-hybridized carbons (Fsp3) is 0.429. The first-order chi connectivity index (χ1) is 21.8. The molecular formula is C35H43Cl2N3O5S2. The molecule has 1 heterocycles. The van der Waals surface area contributed by atoms with E-state index in [0.29, 0.717) is 10.0 Å². The van der Waals surface area contributed by atoms with E-state index in [-0.39, 0.29) is 29.4 Å². The molecule has 2 N–H and O–H groups in total.